The normalized spacial score (nSPS) is 18.1. The Bertz CT molecular complexity index is 1320. The zero-order valence-electron chi connectivity index (χ0n) is 20.0. The predicted octanol–water partition coefficient (Wildman–Crippen LogP) is 6.16. The number of thiophene rings is 1. The molecule has 0 saturated heterocycles. The highest BCUT2D eigenvalue weighted by Crippen LogP contribution is 2.44. The van der Waals surface area contributed by atoms with Crippen molar-refractivity contribution < 1.29 is 32.6 Å². The molecule has 0 fully saturated rings. The van der Waals surface area contributed by atoms with E-state index in [-0.39, 0.29) is 35.1 Å². The van der Waals surface area contributed by atoms with Crippen LogP contribution in [0.2, 0.25) is 0 Å². The summed E-state index contributed by atoms with van der Waals surface area (Å²) in [7, 11) is 0. The Morgan fingerprint density at radius 2 is 2.03 bits per heavy atom. The molecule has 0 bridgehead atoms. The molecule has 1 amide bonds. The van der Waals surface area contributed by atoms with Crippen molar-refractivity contribution in [1.82, 2.24) is 9.78 Å². The topological polar surface area (TPSA) is 105 Å². The molecule has 3 aromatic rings. The number of halogens is 4. The van der Waals surface area contributed by atoms with Gasteiger partial charge in [-0.15, -0.1) is 11.3 Å². The maximum Gasteiger partial charge on any atom is 0.410 e. The second kappa shape index (κ2) is 10.5. The van der Waals surface area contributed by atoms with E-state index in [2.05, 4.69) is 31.7 Å². The number of ether oxygens (including phenoxy) is 1. The molecule has 13 heteroatoms. The molecule has 1 aliphatic rings. The van der Waals surface area contributed by atoms with Gasteiger partial charge >= 0.3 is 12.1 Å². The average molecular weight is 601 g/mol. The van der Waals surface area contributed by atoms with Gasteiger partial charge < -0.3 is 20.5 Å². The number of aliphatic hydroxyl groups excluding tert-OH is 1. The van der Waals surface area contributed by atoms with E-state index < -0.39 is 36.2 Å². The van der Waals surface area contributed by atoms with Gasteiger partial charge in [0, 0.05) is 21.8 Å². The van der Waals surface area contributed by atoms with Crippen molar-refractivity contribution in [2.24, 2.45) is 0 Å². The molecule has 1 aliphatic heterocycles. The van der Waals surface area contributed by atoms with E-state index in [0.29, 0.717) is 16.0 Å². The summed E-state index contributed by atoms with van der Waals surface area (Å²) in [6.45, 7) is 4.88. The number of alkyl halides is 3. The fourth-order valence-corrected chi connectivity index (χ4v) is 5.62. The second-order valence-electron chi connectivity index (χ2n) is 8.55. The highest BCUT2D eigenvalue weighted by molar-refractivity contribution is 9.10. The van der Waals surface area contributed by atoms with E-state index in [0.717, 1.165) is 20.5 Å². The quantitative estimate of drug-likeness (QED) is 0.293. The van der Waals surface area contributed by atoms with Crippen molar-refractivity contribution in [2.45, 2.75) is 51.6 Å². The number of aromatic nitrogens is 2. The van der Waals surface area contributed by atoms with E-state index in [9.17, 15) is 27.9 Å². The number of rotatable bonds is 6. The number of nitrogens with one attached hydrogen (secondary N) is 2. The average Bonchev–Trinajstić information content (AvgIpc) is 3.39. The second-order valence-corrected chi connectivity index (χ2v) is 10.5. The van der Waals surface area contributed by atoms with Crippen molar-refractivity contribution in [3.05, 3.63) is 62.1 Å². The number of aliphatic hydroxyl groups is 1. The van der Waals surface area contributed by atoms with Gasteiger partial charge in [-0.05, 0) is 44.0 Å². The predicted molar refractivity (Wildman–Crippen MR) is 136 cm³/mol. The standard InChI is InChI=1S/C24H24BrF3N4O4S/c1-4-36-23(35)19-11(2)20(12(3)33)37-22(19)30-21(34)16-10-18-29-15(13-5-7-14(25)8-6-13)9-17(24(26,27)28)32(18)31-16/h5-8,10,12,15,17,29,33H,4,9H2,1-3H3,(H,30,34)/t12-,15-,17-/m0/s1. The maximum absolute atomic E-state index is 14.0. The third-order valence-electron chi connectivity index (χ3n) is 5.96. The summed E-state index contributed by atoms with van der Waals surface area (Å²) in [4.78, 5) is 26.1. The lowest BCUT2D eigenvalue weighted by Gasteiger charge is -2.33. The molecule has 0 spiro atoms. The number of carbonyl (C=O) groups excluding carboxylic acids is 2. The van der Waals surface area contributed by atoms with Crippen LogP contribution in [-0.2, 0) is 4.74 Å². The number of nitrogens with zero attached hydrogens (tertiary/aromatic N) is 2. The molecular weight excluding hydrogens is 577 g/mol. The number of benzene rings is 1. The lowest BCUT2D eigenvalue weighted by Crippen LogP contribution is -2.35. The summed E-state index contributed by atoms with van der Waals surface area (Å²) >= 11 is 4.31. The molecule has 3 atom stereocenters. The fourth-order valence-electron chi connectivity index (χ4n) is 4.23. The minimum atomic E-state index is -4.60. The molecule has 0 aliphatic carbocycles. The highest BCUT2D eigenvalue weighted by Gasteiger charge is 2.47. The van der Waals surface area contributed by atoms with Crippen LogP contribution in [0.3, 0.4) is 0 Å². The Labute approximate surface area is 222 Å². The lowest BCUT2D eigenvalue weighted by molar-refractivity contribution is -0.173. The van der Waals surface area contributed by atoms with Gasteiger partial charge in [-0.25, -0.2) is 9.48 Å². The van der Waals surface area contributed by atoms with E-state index in [1.165, 1.54) is 13.0 Å². The molecular formula is C24H24BrF3N4O4S. The van der Waals surface area contributed by atoms with Crippen LogP contribution in [-0.4, -0.2) is 39.5 Å². The van der Waals surface area contributed by atoms with Gasteiger partial charge in [-0.2, -0.15) is 18.3 Å². The largest absolute Gasteiger partial charge is 0.462 e. The Morgan fingerprint density at radius 3 is 2.62 bits per heavy atom. The summed E-state index contributed by atoms with van der Waals surface area (Å²) in [5.41, 5.74) is 0.943. The summed E-state index contributed by atoms with van der Waals surface area (Å²) in [6, 6.07) is 5.60. The van der Waals surface area contributed by atoms with E-state index >= 15 is 0 Å². The van der Waals surface area contributed by atoms with Gasteiger partial charge in [0.15, 0.2) is 11.7 Å². The first-order valence-electron chi connectivity index (χ1n) is 11.4. The number of esters is 1. The Kier molecular flexibility index (Phi) is 7.67. The number of hydrogen-bond acceptors (Lipinski definition) is 7. The first-order valence-corrected chi connectivity index (χ1v) is 13.0. The first kappa shape index (κ1) is 27.1. The van der Waals surface area contributed by atoms with E-state index in [4.69, 9.17) is 4.74 Å². The molecule has 0 unspecified atom stereocenters. The Morgan fingerprint density at radius 1 is 1.35 bits per heavy atom. The van der Waals surface area contributed by atoms with Crippen molar-refractivity contribution in [1.29, 1.82) is 0 Å². The van der Waals surface area contributed by atoms with Crippen LogP contribution < -0.4 is 10.6 Å². The molecule has 0 radical (unpaired) electrons. The summed E-state index contributed by atoms with van der Waals surface area (Å²) in [5.74, 6) is -1.43. The zero-order chi connectivity index (χ0) is 27.1. The summed E-state index contributed by atoms with van der Waals surface area (Å²) in [6.07, 6.45) is -5.82. The minimum Gasteiger partial charge on any atom is -0.462 e. The highest BCUT2D eigenvalue weighted by atomic mass is 79.9. The molecule has 2 aromatic heterocycles. The van der Waals surface area contributed by atoms with E-state index in [1.807, 2.05) is 0 Å². The molecule has 1 aromatic carbocycles. The zero-order valence-corrected chi connectivity index (χ0v) is 22.4. The molecule has 3 N–H and O–H groups in total. The number of anilines is 2. The molecule has 8 nitrogen and oxygen atoms in total. The fraction of sp³-hybridized carbons (Fsp3) is 0.375. The van der Waals surface area contributed by atoms with E-state index in [1.54, 1.807) is 38.1 Å². The van der Waals surface area contributed by atoms with Gasteiger partial charge in [0.2, 0.25) is 0 Å². The smallest absolute Gasteiger partial charge is 0.410 e. The van der Waals surface area contributed by atoms with Gasteiger partial charge in [0.05, 0.1) is 24.3 Å². The minimum absolute atomic E-state index is 0.0456. The van der Waals surface area contributed by atoms with Crippen molar-refractivity contribution in [2.75, 3.05) is 17.2 Å². The van der Waals surface area contributed by atoms with Gasteiger partial charge in [0.1, 0.15) is 10.8 Å². The van der Waals surface area contributed by atoms with Crippen LogP contribution in [0.5, 0.6) is 0 Å². The molecule has 3 heterocycles. The van der Waals surface area contributed by atoms with Crippen LogP contribution >= 0.6 is 27.3 Å². The van der Waals surface area contributed by atoms with Crippen LogP contribution in [0.4, 0.5) is 24.0 Å². The Balaban J connectivity index is 1.67. The summed E-state index contributed by atoms with van der Waals surface area (Å²) < 4.78 is 48.7. The van der Waals surface area contributed by atoms with Crippen LogP contribution in [0.15, 0.2) is 34.8 Å². The number of hydrogen-bond donors (Lipinski definition) is 3. The van der Waals surface area contributed by atoms with Crippen molar-refractivity contribution >= 4 is 50.0 Å². The molecule has 0 saturated carbocycles. The molecule has 37 heavy (non-hydrogen) atoms. The van der Waals surface area contributed by atoms with Gasteiger partial charge in [-0.1, -0.05) is 28.1 Å². The third kappa shape index (κ3) is 5.53. The number of fused-ring (bicyclic) bond motifs is 1. The molecule has 198 valence electrons. The monoisotopic (exact) mass is 600 g/mol. The van der Waals surface area contributed by atoms with Crippen LogP contribution in [0, 0.1) is 6.92 Å². The van der Waals surface area contributed by atoms with Gasteiger partial charge in [0.25, 0.3) is 5.91 Å². The van der Waals surface area contributed by atoms with Crippen LogP contribution in [0.25, 0.3) is 0 Å². The summed E-state index contributed by atoms with van der Waals surface area (Å²) in [5, 5.41) is 19.8. The SMILES string of the molecule is CCOC(=O)c1c(NC(=O)c2cc3n(n2)[C@H](C(F)(F)F)C[C@@H](c2ccc(Br)cc2)N3)sc([C@H](C)O)c1C. The third-order valence-corrected chi connectivity index (χ3v) is 7.87. The first-order chi connectivity index (χ1) is 17.4. The molecule has 4 rings (SSSR count). The van der Waals surface area contributed by atoms with Crippen molar-refractivity contribution in [3.8, 4) is 0 Å². The van der Waals surface area contributed by atoms with Gasteiger partial charge in [-0.3, -0.25) is 4.79 Å². The number of carbonyl (C=O) groups is 2. The van der Waals surface area contributed by atoms with Crippen molar-refractivity contribution in [3.63, 3.8) is 0 Å². The van der Waals surface area contributed by atoms with Crippen LogP contribution in [0.1, 0.15) is 75.3 Å². The number of amides is 1. The maximum atomic E-state index is 14.0. The Hall–Kier alpha value is -2.90. The lowest BCUT2D eigenvalue weighted by atomic mass is 9.97.